The highest BCUT2D eigenvalue weighted by Crippen LogP contribution is 2.45. The van der Waals surface area contributed by atoms with Gasteiger partial charge >= 0.3 is 39.5 Å². The largest absolute Gasteiger partial charge is 0.472 e. The van der Waals surface area contributed by atoms with Gasteiger partial charge in [0.15, 0.2) is 12.2 Å². The molecule has 8 atom stereocenters. The van der Waals surface area contributed by atoms with Crippen molar-refractivity contribution >= 4 is 39.5 Å². The Morgan fingerprint density at radius 1 is 0.301 bits per heavy atom. The number of aliphatic hydroxyl groups excluding tert-OH is 1. The number of hydrogen-bond acceptors (Lipinski definition) is 15. The van der Waals surface area contributed by atoms with Gasteiger partial charge in [-0.05, 0) is 49.4 Å². The molecule has 0 radical (unpaired) electrons. The van der Waals surface area contributed by atoms with Crippen molar-refractivity contribution < 1.29 is 80.2 Å². The third kappa shape index (κ3) is 64.5. The lowest BCUT2D eigenvalue weighted by Crippen LogP contribution is -2.30. The van der Waals surface area contributed by atoms with E-state index in [4.69, 9.17) is 37.0 Å². The summed E-state index contributed by atoms with van der Waals surface area (Å²) in [6.07, 6.45) is 47.5. The van der Waals surface area contributed by atoms with Gasteiger partial charge in [0.1, 0.15) is 19.3 Å². The average Bonchev–Trinajstić information content (AvgIpc) is 2.06. The van der Waals surface area contributed by atoms with Gasteiger partial charge in [-0.2, -0.15) is 0 Å². The Labute approximate surface area is 568 Å². The Morgan fingerprint density at radius 2 is 0.516 bits per heavy atom. The van der Waals surface area contributed by atoms with E-state index in [1.165, 1.54) is 167 Å². The molecular weight excluding hydrogens is 1220 g/mol. The molecule has 0 aromatic carbocycles. The molecule has 0 saturated heterocycles. The second-order valence-electron chi connectivity index (χ2n) is 27.9. The molecule has 0 heterocycles. The minimum atomic E-state index is -4.96. The lowest BCUT2D eigenvalue weighted by atomic mass is 9.99. The molecule has 19 heteroatoms. The van der Waals surface area contributed by atoms with Gasteiger partial charge in [-0.15, -0.1) is 0 Å². The predicted octanol–water partition coefficient (Wildman–Crippen LogP) is 21.3. The first-order chi connectivity index (χ1) is 44.7. The minimum absolute atomic E-state index is 0.101. The number of phosphoric ester groups is 2. The van der Waals surface area contributed by atoms with E-state index in [1.54, 1.807) is 0 Å². The van der Waals surface area contributed by atoms with Gasteiger partial charge in [0, 0.05) is 25.7 Å². The fraction of sp³-hybridized carbons (Fsp3) is 0.946. The zero-order chi connectivity index (χ0) is 68.9. The van der Waals surface area contributed by atoms with E-state index in [0.29, 0.717) is 31.6 Å². The van der Waals surface area contributed by atoms with E-state index in [-0.39, 0.29) is 25.7 Å². The van der Waals surface area contributed by atoms with Crippen LogP contribution in [0, 0.1) is 23.7 Å². The van der Waals surface area contributed by atoms with Gasteiger partial charge in [0.25, 0.3) is 0 Å². The molecule has 0 aliphatic heterocycles. The fourth-order valence-electron chi connectivity index (χ4n) is 11.1. The van der Waals surface area contributed by atoms with Crippen LogP contribution >= 0.6 is 15.6 Å². The smallest absolute Gasteiger partial charge is 0.462 e. The summed E-state index contributed by atoms with van der Waals surface area (Å²) in [6, 6.07) is 0. The Hall–Kier alpha value is -1.94. The van der Waals surface area contributed by atoms with E-state index >= 15 is 0 Å². The zero-order valence-corrected chi connectivity index (χ0v) is 62.7. The first-order valence-electron chi connectivity index (χ1n) is 38.3. The van der Waals surface area contributed by atoms with E-state index in [9.17, 15) is 43.2 Å². The number of carbonyl (C=O) groups is 4. The number of rotatable bonds is 71. The maximum Gasteiger partial charge on any atom is 0.472 e. The van der Waals surface area contributed by atoms with Gasteiger partial charge in [-0.1, -0.05) is 319 Å². The maximum absolute atomic E-state index is 13.1. The van der Waals surface area contributed by atoms with Crippen molar-refractivity contribution in [3.8, 4) is 0 Å². The average molecular weight is 1370 g/mol. The molecule has 93 heavy (non-hydrogen) atoms. The van der Waals surface area contributed by atoms with Crippen LogP contribution in [0.1, 0.15) is 370 Å². The third-order valence-electron chi connectivity index (χ3n) is 18.2. The molecule has 0 aliphatic carbocycles. The summed E-state index contributed by atoms with van der Waals surface area (Å²) in [5, 5.41) is 10.6. The van der Waals surface area contributed by atoms with Crippen LogP contribution in [0.25, 0.3) is 0 Å². The number of esters is 4. The molecule has 0 saturated carbocycles. The SMILES string of the molecule is CCC(C)CCCCCCCCCCCCCCCCCCCCC(=O)O[C@H](COC(=O)CCCCCCCCCCC(C)CC)COP(=O)(O)OC[C@@H](O)COP(=O)(O)OC[C@@H](COC(=O)CCCCCCCCC(C)CC)OC(=O)CCCCCCCCC(C)C. The molecule has 0 rings (SSSR count). The zero-order valence-electron chi connectivity index (χ0n) is 60.9. The number of hydrogen-bond donors (Lipinski definition) is 3. The molecule has 0 spiro atoms. The number of phosphoric acid groups is 2. The molecule has 0 aromatic rings. The molecule has 0 bridgehead atoms. The number of aliphatic hydroxyl groups is 1. The lowest BCUT2D eigenvalue weighted by molar-refractivity contribution is -0.161. The van der Waals surface area contributed by atoms with Crippen molar-refractivity contribution in [3.63, 3.8) is 0 Å². The van der Waals surface area contributed by atoms with Crippen LogP contribution in [0.3, 0.4) is 0 Å². The maximum atomic E-state index is 13.1. The van der Waals surface area contributed by atoms with Crippen LogP contribution in [0.5, 0.6) is 0 Å². The van der Waals surface area contributed by atoms with E-state index in [2.05, 4.69) is 55.4 Å². The van der Waals surface area contributed by atoms with Crippen molar-refractivity contribution in [1.82, 2.24) is 0 Å². The van der Waals surface area contributed by atoms with Gasteiger partial charge in [-0.25, -0.2) is 9.13 Å². The molecule has 0 fully saturated rings. The fourth-order valence-corrected chi connectivity index (χ4v) is 12.7. The number of carbonyl (C=O) groups excluding carboxylic acids is 4. The molecule has 3 N–H and O–H groups in total. The Kier molecular flexibility index (Phi) is 62.2. The summed E-state index contributed by atoms with van der Waals surface area (Å²) in [5.74, 6) is 0.918. The first kappa shape index (κ1) is 91.1. The molecule has 0 amide bonds. The molecule has 17 nitrogen and oxygen atoms in total. The number of unbranched alkanes of at least 4 members (excludes halogenated alkanes) is 34. The lowest BCUT2D eigenvalue weighted by Gasteiger charge is -2.21. The summed E-state index contributed by atoms with van der Waals surface area (Å²) >= 11 is 0. The van der Waals surface area contributed by atoms with Gasteiger partial charge in [0.05, 0.1) is 26.4 Å². The highest BCUT2D eigenvalue weighted by molar-refractivity contribution is 7.47. The Morgan fingerprint density at radius 3 is 0.763 bits per heavy atom. The quantitative estimate of drug-likeness (QED) is 0.0222. The minimum Gasteiger partial charge on any atom is -0.462 e. The predicted molar refractivity (Wildman–Crippen MR) is 377 cm³/mol. The molecule has 0 aromatic heterocycles. The molecule has 0 aliphatic rings. The molecular formula is C74H144O17P2. The Bertz CT molecular complexity index is 1840. The summed E-state index contributed by atoms with van der Waals surface area (Å²) in [4.78, 5) is 72.6. The monoisotopic (exact) mass is 1370 g/mol. The summed E-state index contributed by atoms with van der Waals surface area (Å²) in [6.45, 7) is 14.1. The van der Waals surface area contributed by atoms with Gasteiger partial charge in [0.2, 0.25) is 0 Å². The number of ether oxygens (including phenoxy) is 4. The molecule has 5 unspecified atom stereocenters. The van der Waals surface area contributed by atoms with Crippen molar-refractivity contribution in [2.24, 2.45) is 23.7 Å². The van der Waals surface area contributed by atoms with Crippen molar-refractivity contribution in [2.75, 3.05) is 39.6 Å². The van der Waals surface area contributed by atoms with Crippen LogP contribution in [0.15, 0.2) is 0 Å². The summed E-state index contributed by atoms with van der Waals surface area (Å²) in [7, 11) is -9.91. The van der Waals surface area contributed by atoms with Crippen LogP contribution in [0.4, 0.5) is 0 Å². The second kappa shape index (κ2) is 63.5. The van der Waals surface area contributed by atoms with Crippen LogP contribution in [0.2, 0.25) is 0 Å². The highest BCUT2D eigenvalue weighted by atomic mass is 31.2. The summed E-state index contributed by atoms with van der Waals surface area (Å²) < 4.78 is 68.3. The van der Waals surface area contributed by atoms with Crippen LogP contribution in [-0.2, 0) is 65.4 Å². The Balaban J connectivity index is 5.17. The highest BCUT2D eigenvalue weighted by Gasteiger charge is 2.30. The first-order valence-corrected chi connectivity index (χ1v) is 41.3. The van der Waals surface area contributed by atoms with E-state index in [1.807, 2.05) is 0 Å². The van der Waals surface area contributed by atoms with E-state index in [0.717, 1.165) is 114 Å². The van der Waals surface area contributed by atoms with Gasteiger partial charge < -0.3 is 33.8 Å². The van der Waals surface area contributed by atoms with Crippen molar-refractivity contribution in [3.05, 3.63) is 0 Å². The van der Waals surface area contributed by atoms with Crippen molar-refractivity contribution in [1.29, 1.82) is 0 Å². The topological polar surface area (TPSA) is 237 Å². The van der Waals surface area contributed by atoms with Crippen LogP contribution in [-0.4, -0.2) is 96.7 Å². The van der Waals surface area contributed by atoms with Crippen LogP contribution < -0.4 is 0 Å². The normalized spacial score (nSPS) is 15.1. The second-order valence-corrected chi connectivity index (χ2v) is 30.8. The van der Waals surface area contributed by atoms with Gasteiger partial charge in [-0.3, -0.25) is 37.3 Å². The standard InChI is InChI=1S/C74H144O17P2/c1-9-65(6)51-43-35-26-22-20-18-16-14-12-13-15-17-19-21-23-29-40-48-56-73(78)90-69(60-84-71(76)54-46-38-28-25-24-27-36-44-52-66(7)10-2)62-88-92(80,81)86-58-68(75)59-87-93(82,83)89-63-70(91-74(79)57-49-41-32-30-34-42-50-64(4)5)61-85-72(77)55-47-39-33-31-37-45-53-67(8)11-3/h64-70,75H,9-63H2,1-8H3,(H,80,81)(H,82,83)/t65?,66?,67?,68-,69-,70-/m1/s1. The summed E-state index contributed by atoms with van der Waals surface area (Å²) in [5.41, 5.74) is 0. The third-order valence-corrected chi connectivity index (χ3v) is 20.1. The molecule has 552 valence electrons. The van der Waals surface area contributed by atoms with E-state index < -0.39 is 97.5 Å². The van der Waals surface area contributed by atoms with Crippen molar-refractivity contribution in [2.45, 2.75) is 388 Å².